The number of carbonyl (C=O) groups excluding carboxylic acids is 2. The van der Waals surface area contributed by atoms with Crippen molar-refractivity contribution >= 4 is 28.8 Å². The van der Waals surface area contributed by atoms with E-state index in [-0.39, 0.29) is 11.8 Å². The predicted molar refractivity (Wildman–Crippen MR) is 138 cm³/mol. The van der Waals surface area contributed by atoms with Crippen LogP contribution in [-0.4, -0.2) is 73.0 Å². The second-order valence-corrected chi connectivity index (χ2v) is 10.1. The van der Waals surface area contributed by atoms with E-state index in [4.69, 9.17) is 4.74 Å². The number of fused-ring (bicyclic) bond motifs is 1. The van der Waals surface area contributed by atoms with Crippen LogP contribution in [0.5, 0.6) is 5.75 Å². The van der Waals surface area contributed by atoms with Crippen molar-refractivity contribution in [1.29, 1.82) is 0 Å². The van der Waals surface area contributed by atoms with Crippen LogP contribution in [0.1, 0.15) is 16.1 Å². The fourth-order valence-corrected chi connectivity index (χ4v) is 5.44. The number of carbonyl (C=O) groups is 2. The van der Waals surface area contributed by atoms with Gasteiger partial charge in [-0.3, -0.25) is 14.5 Å². The number of amides is 2. The third-order valence-electron chi connectivity index (χ3n) is 6.76. The summed E-state index contributed by atoms with van der Waals surface area (Å²) in [6.45, 7) is 5.80. The van der Waals surface area contributed by atoms with Gasteiger partial charge in [0.15, 0.2) is 0 Å². The molecule has 0 N–H and O–H groups in total. The van der Waals surface area contributed by atoms with E-state index < -0.39 is 0 Å². The maximum absolute atomic E-state index is 13.1. The maximum Gasteiger partial charge on any atom is 0.241 e. The molecule has 0 radical (unpaired) electrons. The highest BCUT2D eigenvalue weighted by Gasteiger charge is 2.28. The molecule has 182 valence electrons. The Kier molecular flexibility index (Phi) is 6.83. The number of benzene rings is 2. The SMILES string of the molecule is COc1cccc(CC(=O)N2CCN(CC(=O)N3CCc4cc(-c5csc(C)n5)ccc43)CC2)c1. The summed E-state index contributed by atoms with van der Waals surface area (Å²) >= 11 is 1.65. The maximum atomic E-state index is 13.1. The first kappa shape index (κ1) is 23.5. The first-order chi connectivity index (χ1) is 17.0. The fourth-order valence-electron chi connectivity index (χ4n) is 4.82. The second kappa shape index (κ2) is 10.2. The minimum absolute atomic E-state index is 0.115. The van der Waals surface area contributed by atoms with Gasteiger partial charge in [-0.05, 0) is 48.7 Å². The van der Waals surface area contributed by atoms with Crippen LogP contribution in [-0.2, 0) is 22.4 Å². The van der Waals surface area contributed by atoms with Crippen molar-refractivity contribution in [2.24, 2.45) is 0 Å². The molecule has 3 heterocycles. The van der Waals surface area contributed by atoms with Gasteiger partial charge in [0.2, 0.25) is 11.8 Å². The summed E-state index contributed by atoms with van der Waals surface area (Å²) in [6.07, 6.45) is 1.23. The number of aryl methyl sites for hydroxylation is 1. The number of nitrogens with zero attached hydrogens (tertiary/aromatic N) is 4. The molecule has 2 amide bonds. The van der Waals surface area contributed by atoms with Gasteiger partial charge >= 0.3 is 0 Å². The number of methoxy groups -OCH3 is 1. The molecule has 2 aliphatic heterocycles. The van der Waals surface area contributed by atoms with Gasteiger partial charge in [0.05, 0.1) is 30.8 Å². The predicted octanol–water partition coefficient (Wildman–Crippen LogP) is 3.40. The van der Waals surface area contributed by atoms with E-state index in [0.717, 1.165) is 39.7 Å². The Morgan fingerprint density at radius 3 is 2.60 bits per heavy atom. The highest BCUT2D eigenvalue weighted by Crippen LogP contribution is 2.33. The lowest BCUT2D eigenvalue weighted by Gasteiger charge is -2.35. The van der Waals surface area contributed by atoms with Crippen LogP contribution in [0.3, 0.4) is 0 Å². The molecular weight excluding hydrogens is 460 g/mol. The lowest BCUT2D eigenvalue weighted by Crippen LogP contribution is -2.51. The molecular formula is C27H30N4O3S. The Balaban J connectivity index is 1.14. The van der Waals surface area contributed by atoms with Crippen LogP contribution in [0.2, 0.25) is 0 Å². The summed E-state index contributed by atoms with van der Waals surface area (Å²) in [5.74, 6) is 0.998. The highest BCUT2D eigenvalue weighted by atomic mass is 32.1. The highest BCUT2D eigenvalue weighted by molar-refractivity contribution is 7.09. The first-order valence-electron chi connectivity index (χ1n) is 12.0. The molecule has 35 heavy (non-hydrogen) atoms. The average molecular weight is 491 g/mol. The number of anilines is 1. The van der Waals surface area contributed by atoms with Crippen LogP contribution in [0, 0.1) is 6.92 Å². The van der Waals surface area contributed by atoms with Crippen LogP contribution in [0.15, 0.2) is 47.8 Å². The summed E-state index contributed by atoms with van der Waals surface area (Å²) < 4.78 is 5.25. The number of hydrogen-bond donors (Lipinski definition) is 0. The number of hydrogen-bond acceptors (Lipinski definition) is 6. The fraction of sp³-hybridized carbons (Fsp3) is 0.370. The molecule has 1 saturated heterocycles. The number of aromatic nitrogens is 1. The second-order valence-electron chi connectivity index (χ2n) is 9.08. The minimum atomic E-state index is 0.115. The molecule has 8 heteroatoms. The van der Waals surface area contributed by atoms with Crippen LogP contribution in [0.4, 0.5) is 5.69 Å². The van der Waals surface area contributed by atoms with Gasteiger partial charge in [-0.1, -0.05) is 18.2 Å². The van der Waals surface area contributed by atoms with Crippen molar-refractivity contribution in [3.8, 4) is 17.0 Å². The van der Waals surface area contributed by atoms with Crippen molar-refractivity contribution in [2.75, 3.05) is 51.3 Å². The molecule has 1 fully saturated rings. The van der Waals surface area contributed by atoms with Crippen molar-refractivity contribution in [2.45, 2.75) is 19.8 Å². The van der Waals surface area contributed by atoms with E-state index in [9.17, 15) is 9.59 Å². The summed E-state index contributed by atoms with van der Waals surface area (Å²) in [5.41, 5.74) is 5.27. The molecule has 1 aromatic heterocycles. The third kappa shape index (κ3) is 5.23. The van der Waals surface area contributed by atoms with Crippen molar-refractivity contribution in [1.82, 2.24) is 14.8 Å². The lowest BCUT2D eigenvalue weighted by molar-refractivity contribution is -0.132. The first-order valence-corrected chi connectivity index (χ1v) is 12.9. The van der Waals surface area contributed by atoms with E-state index in [1.165, 1.54) is 5.56 Å². The minimum Gasteiger partial charge on any atom is -0.497 e. The normalized spacial score (nSPS) is 15.8. The van der Waals surface area contributed by atoms with E-state index in [1.807, 2.05) is 41.0 Å². The molecule has 3 aromatic rings. The number of piperazine rings is 1. The molecule has 5 rings (SSSR count). The van der Waals surface area contributed by atoms with Crippen LogP contribution >= 0.6 is 11.3 Å². The standard InChI is InChI=1S/C27H30N4O3S/c1-19-28-24(18-35-19)21-6-7-25-22(16-21)8-9-31(25)27(33)17-29-10-12-30(13-11-29)26(32)15-20-4-3-5-23(14-20)34-2/h3-7,14,16,18H,8-13,15,17H2,1-2H3. The largest absolute Gasteiger partial charge is 0.497 e. The topological polar surface area (TPSA) is 66.0 Å². The molecule has 0 aliphatic carbocycles. The van der Waals surface area contributed by atoms with Gasteiger partial charge in [-0.25, -0.2) is 4.98 Å². The monoisotopic (exact) mass is 490 g/mol. The smallest absolute Gasteiger partial charge is 0.241 e. The number of ether oxygens (including phenoxy) is 1. The van der Waals surface area contributed by atoms with Gasteiger partial charge < -0.3 is 14.5 Å². The van der Waals surface area contributed by atoms with Gasteiger partial charge in [0, 0.05) is 49.4 Å². The lowest BCUT2D eigenvalue weighted by atomic mass is 10.1. The van der Waals surface area contributed by atoms with Gasteiger partial charge in [0.25, 0.3) is 0 Å². The summed E-state index contributed by atoms with van der Waals surface area (Å²) in [7, 11) is 1.63. The van der Waals surface area contributed by atoms with E-state index >= 15 is 0 Å². The van der Waals surface area contributed by atoms with Crippen LogP contribution in [0.25, 0.3) is 11.3 Å². The zero-order valence-electron chi connectivity index (χ0n) is 20.2. The van der Waals surface area contributed by atoms with Crippen molar-refractivity contribution < 1.29 is 14.3 Å². The Morgan fingerprint density at radius 1 is 1.03 bits per heavy atom. The number of thiazole rings is 1. The average Bonchev–Trinajstić information content (AvgIpc) is 3.50. The zero-order valence-corrected chi connectivity index (χ0v) is 21.0. The summed E-state index contributed by atoms with van der Waals surface area (Å²) in [4.78, 5) is 36.4. The Bertz CT molecular complexity index is 1230. The van der Waals surface area contributed by atoms with Gasteiger partial charge in [0.1, 0.15) is 5.75 Å². The molecule has 2 aliphatic rings. The third-order valence-corrected chi connectivity index (χ3v) is 7.54. The van der Waals surface area contributed by atoms with Crippen LogP contribution < -0.4 is 9.64 Å². The molecule has 7 nitrogen and oxygen atoms in total. The summed E-state index contributed by atoms with van der Waals surface area (Å²) in [5, 5.41) is 3.13. The van der Waals surface area contributed by atoms with E-state index in [1.54, 1.807) is 18.4 Å². The van der Waals surface area contributed by atoms with Crippen molar-refractivity contribution in [3.05, 3.63) is 64.0 Å². The zero-order chi connectivity index (χ0) is 24.4. The molecule has 0 spiro atoms. The van der Waals surface area contributed by atoms with Gasteiger partial charge in [-0.2, -0.15) is 0 Å². The molecule has 0 atom stereocenters. The number of rotatable bonds is 6. The Labute approximate surface area is 209 Å². The quantitative estimate of drug-likeness (QED) is 0.530. The molecule has 0 unspecified atom stereocenters. The van der Waals surface area contributed by atoms with E-state index in [2.05, 4.69) is 33.5 Å². The Hall–Kier alpha value is -3.23. The van der Waals surface area contributed by atoms with Crippen molar-refractivity contribution in [3.63, 3.8) is 0 Å². The van der Waals surface area contributed by atoms with Gasteiger partial charge in [-0.15, -0.1) is 11.3 Å². The van der Waals surface area contributed by atoms with E-state index in [0.29, 0.717) is 45.7 Å². The Morgan fingerprint density at radius 2 is 1.86 bits per heavy atom. The molecule has 0 saturated carbocycles. The molecule has 0 bridgehead atoms. The molecule has 2 aromatic carbocycles. The summed E-state index contributed by atoms with van der Waals surface area (Å²) in [6, 6.07) is 13.9.